The Kier molecular flexibility index (Phi) is 10.9. The fraction of sp³-hybridized carbons (Fsp3) is 0.235. The Bertz CT molecular complexity index is 1680. The second kappa shape index (κ2) is 14.4. The van der Waals surface area contributed by atoms with Crippen LogP contribution in [0.3, 0.4) is 0 Å². The summed E-state index contributed by atoms with van der Waals surface area (Å²) in [6, 6.07) is 30.2. The number of rotatable bonds is 11. The van der Waals surface area contributed by atoms with Gasteiger partial charge in [0.15, 0.2) is 0 Å². The van der Waals surface area contributed by atoms with E-state index in [1.165, 1.54) is 17.0 Å². The van der Waals surface area contributed by atoms with Gasteiger partial charge >= 0.3 is 0 Å². The zero-order valence-electron chi connectivity index (χ0n) is 24.8. The molecule has 0 heterocycles. The largest absolute Gasteiger partial charge is 0.350 e. The van der Waals surface area contributed by atoms with E-state index in [9.17, 15) is 18.0 Å². The number of anilines is 1. The lowest BCUT2D eigenvalue weighted by Gasteiger charge is -2.35. The zero-order chi connectivity index (χ0) is 31.9. The standard InChI is InChI=1S/C34H35BrClN3O4S/c1-34(2,3)37-33(41)31(22-25-12-6-4-7-13-25)38(23-26-14-10-11-17-30(26)36)32(40)24-39(28-20-18-27(35)19-21-28)44(42,43)29-15-8-5-9-16-29/h4-21,31H,22-24H2,1-3H3,(H,37,41)/t31-/m0/s1. The van der Waals surface area contributed by atoms with Gasteiger partial charge in [-0.1, -0.05) is 94.3 Å². The van der Waals surface area contributed by atoms with Crippen LogP contribution in [0.5, 0.6) is 0 Å². The third-order valence-corrected chi connectivity index (χ3v) is 9.48. The number of sulfonamides is 1. The van der Waals surface area contributed by atoms with Crippen LogP contribution in [-0.4, -0.2) is 43.3 Å². The van der Waals surface area contributed by atoms with E-state index in [4.69, 9.17) is 11.6 Å². The van der Waals surface area contributed by atoms with Crippen molar-refractivity contribution in [1.29, 1.82) is 0 Å². The topological polar surface area (TPSA) is 86.8 Å². The average molecular weight is 697 g/mol. The number of nitrogens with zero attached hydrogens (tertiary/aromatic N) is 2. The van der Waals surface area contributed by atoms with E-state index in [0.29, 0.717) is 16.3 Å². The summed E-state index contributed by atoms with van der Waals surface area (Å²) in [6.45, 7) is 5.05. The SMILES string of the molecule is CC(C)(C)NC(=O)[C@H](Cc1ccccc1)N(Cc1ccccc1Cl)C(=O)CN(c1ccc(Br)cc1)S(=O)(=O)c1ccccc1. The van der Waals surface area contributed by atoms with Crippen molar-refractivity contribution in [2.45, 2.75) is 50.2 Å². The Labute approximate surface area is 273 Å². The van der Waals surface area contributed by atoms with Crippen molar-refractivity contribution < 1.29 is 18.0 Å². The number of amides is 2. The van der Waals surface area contributed by atoms with Crippen molar-refractivity contribution in [3.05, 3.63) is 130 Å². The highest BCUT2D eigenvalue weighted by molar-refractivity contribution is 9.10. The van der Waals surface area contributed by atoms with Gasteiger partial charge in [0.05, 0.1) is 10.6 Å². The van der Waals surface area contributed by atoms with E-state index in [0.717, 1.165) is 14.3 Å². The van der Waals surface area contributed by atoms with Crippen LogP contribution in [0.2, 0.25) is 5.02 Å². The number of carbonyl (C=O) groups is 2. The van der Waals surface area contributed by atoms with Gasteiger partial charge in [0.1, 0.15) is 12.6 Å². The Balaban J connectivity index is 1.82. The zero-order valence-corrected chi connectivity index (χ0v) is 27.9. The van der Waals surface area contributed by atoms with Gasteiger partial charge in [-0.3, -0.25) is 13.9 Å². The van der Waals surface area contributed by atoms with Gasteiger partial charge in [-0.25, -0.2) is 8.42 Å². The molecule has 4 aromatic carbocycles. The lowest BCUT2D eigenvalue weighted by Crippen LogP contribution is -2.56. The molecule has 4 rings (SSSR count). The van der Waals surface area contributed by atoms with Crippen molar-refractivity contribution in [2.75, 3.05) is 10.8 Å². The predicted molar refractivity (Wildman–Crippen MR) is 179 cm³/mol. The predicted octanol–water partition coefficient (Wildman–Crippen LogP) is 6.85. The molecule has 0 bridgehead atoms. The van der Waals surface area contributed by atoms with E-state index in [1.807, 2.05) is 51.1 Å². The summed E-state index contributed by atoms with van der Waals surface area (Å²) in [7, 11) is -4.17. The Hall–Kier alpha value is -3.66. The van der Waals surface area contributed by atoms with Crippen molar-refractivity contribution in [2.24, 2.45) is 0 Å². The fourth-order valence-electron chi connectivity index (χ4n) is 4.67. The van der Waals surface area contributed by atoms with Crippen LogP contribution >= 0.6 is 27.5 Å². The monoisotopic (exact) mass is 695 g/mol. The summed E-state index contributed by atoms with van der Waals surface area (Å²) < 4.78 is 29.9. The summed E-state index contributed by atoms with van der Waals surface area (Å²) >= 11 is 9.94. The second-order valence-corrected chi connectivity index (χ2v) is 14.5. The highest BCUT2D eigenvalue weighted by Crippen LogP contribution is 2.27. The first kappa shape index (κ1) is 33.2. The molecule has 10 heteroatoms. The lowest BCUT2D eigenvalue weighted by molar-refractivity contribution is -0.140. The van der Waals surface area contributed by atoms with Crippen molar-refractivity contribution in [3.63, 3.8) is 0 Å². The van der Waals surface area contributed by atoms with Gasteiger partial charge in [0.2, 0.25) is 11.8 Å². The highest BCUT2D eigenvalue weighted by Gasteiger charge is 2.35. The first-order valence-corrected chi connectivity index (χ1v) is 16.7. The molecule has 0 aromatic heterocycles. The molecule has 1 atom stereocenters. The van der Waals surface area contributed by atoms with Crippen LogP contribution in [0.4, 0.5) is 5.69 Å². The summed E-state index contributed by atoms with van der Waals surface area (Å²) in [6.07, 6.45) is 0.211. The first-order chi connectivity index (χ1) is 20.8. The van der Waals surface area contributed by atoms with Gasteiger partial charge in [-0.05, 0) is 74.4 Å². The quantitative estimate of drug-likeness (QED) is 0.186. The molecule has 7 nitrogen and oxygen atoms in total. The van der Waals surface area contributed by atoms with Crippen LogP contribution in [0.15, 0.2) is 119 Å². The van der Waals surface area contributed by atoms with Crippen LogP contribution in [0.1, 0.15) is 31.9 Å². The van der Waals surface area contributed by atoms with Gasteiger partial charge in [0.25, 0.3) is 10.0 Å². The van der Waals surface area contributed by atoms with E-state index in [-0.39, 0.29) is 23.8 Å². The molecule has 0 saturated heterocycles. The maximum absolute atomic E-state index is 14.5. The Morgan fingerprint density at radius 3 is 2.00 bits per heavy atom. The minimum absolute atomic E-state index is 0.00681. The number of hydrogen-bond acceptors (Lipinski definition) is 4. The summed E-state index contributed by atoms with van der Waals surface area (Å²) in [5.74, 6) is -0.916. The van der Waals surface area contributed by atoms with E-state index >= 15 is 0 Å². The Morgan fingerprint density at radius 1 is 0.841 bits per heavy atom. The molecule has 0 aliphatic rings. The molecule has 0 radical (unpaired) electrons. The number of halogens is 2. The first-order valence-electron chi connectivity index (χ1n) is 14.1. The van der Waals surface area contributed by atoms with Crippen molar-refractivity contribution in [1.82, 2.24) is 10.2 Å². The summed E-state index contributed by atoms with van der Waals surface area (Å²) in [5.41, 5.74) is 1.21. The smallest absolute Gasteiger partial charge is 0.264 e. The minimum Gasteiger partial charge on any atom is -0.350 e. The normalized spacial score (nSPS) is 12.3. The van der Waals surface area contributed by atoms with E-state index in [1.54, 1.807) is 66.7 Å². The molecule has 0 aliphatic carbocycles. The molecule has 0 spiro atoms. The van der Waals surface area contributed by atoms with Gasteiger partial charge in [-0.2, -0.15) is 0 Å². The molecule has 0 unspecified atom stereocenters. The third-order valence-electron chi connectivity index (χ3n) is 6.79. The summed E-state index contributed by atoms with van der Waals surface area (Å²) in [4.78, 5) is 29.9. The molecule has 0 saturated carbocycles. The average Bonchev–Trinajstić information content (AvgIpc) is 2.99. The highest BCUT2D eigenvalue weighted by atomic mass is 79.9. The Morgan fingerprint density at radius 2 is 1.41 bits per heavy atom. The fourth-order valence-corrected chi connectivity index (χ4v) is 6.57. The van der Waals surface area contributed by atoms with Gasteiger partial charge < -0.3 is 10.2 Å². The number of nitrogens with one attached hydrogen (secondary N) is 1. The van der Waals surface area contributed by atoms with Gasteiger partial charge in [-0.15, -0.1) is 0 Å². The van der Waals surface area contributed by atoms with E-state index < -0.39 is 34.1 Å². The van der Waals surface area contributed by atoms with Crippen molar-refractivity contribution in [3.8, 4) is 0 Å². The number of carbonyl (C=O) groups excluding carboxylic acids is 2. The van der Waals surface area contributed by atoms with Crippen LogP contribution in [0, 0.1) is 0 Å². The van der Waals surface area contributed by atoms with Crippen LogP contribution in [-0.2, 0) is 32.6 Å². The molecule has 230 valence electrons. The molecule has 0 fully saturated rings. The van der Waals surface area contributed by atoms with Crippen molar-refractivity contribution >= 4 is 55.1 Å². The molecular weight excluding hydrogens is 662 g/mol. The summed E-state index contributed by atoms with van der Waals surface area (Å²) in [5, 5.41) is 3.45. The lowest BCUT2D eigenvalue weighted by atomic mass is 10.0. The molecule has 0 aliphatic heterocycles. The second-order valence-electron chi connectivity index (χ2n) is 11.4. The number of benzene rings is 4. The van der Waals surface area contributed by atoms with E-state index in [2.05, 4.69) is 21.2 Å². The molecule has 4 aromatic rings. The molecular formula is C34H35BrClN3O4S. The van der Waals surface area contributed by atoms with Crippen LogP contribution < -0.4 is 9.62 Å². The third kappa shape index (κ3) is 8.71. The molecule has 44 heavy (non-hydrogen) atoms. The molecule has 2 amide bonds. The maximum atomic E-state index is 14.5. The van der Waals surface area contributed by atoms with Crippen LogP contribution in [0.25, 0.3) is 0 Å². The van der Waals surface area contributed by atoms with Gasteiger partial charge in [0, 0.05) is 28.0 Å². The number of hydrogen-bond donors (Lipinski definition) is 1. The maximum Gasteiger partial charge on any atom is 0.264 e. The minimum atomic E-state index is -4.17. The molecule has 1 N–H and O–H groups in total.